The maximum atomic E-state index is 14.6. The number of amides is 2. The highest BCUT2D eigenvalue weighted by molar-refractivity contribution is 6.05. The second-order valence-electron chi connectivity index (χ2n) is 11.3. The van der Waals surface area contributed by atoms with E-state index in [1.54, 1.807) is 22.0 Å². The van der Waals surface area contributed by atoms with Crippen LogP contribution < -0.4 is 4.90 Å². The lowest BCUT2D eigenvalue weighted by atomic mass is 9.70. The van der Waals surface area contributed by atoms with E-state index < -0.39 is 35.6 Å². The molecule has 3 saturated heterocycles. The summed E-state index contributed by atoms with van der Waals surface area (Å²) in [5, 5.41) is 9.16. The van der Waals surface area contributed by atoms with Gasteiger partial charge in [0.2, 0.25) is 5.91 Å². The molecule has 8 heteroatoms. The lowest BCUT2D eigenvalue weighted by Crippen LogP contribution is -2.56. The number of ether oxygens (including phenoxy) is 2. The number of aryl methyl sites for hydroxylation is 2. The van der Waals surface area contributed by atoms with Crippen LogP contribution in [0.15, 0.2) is 43.5 Å². The van der Waals surface area contributed by atoms with Gasteiger partial charge in [0.25, 0.3) is 5.91 Å². The quantitative estimate of drug-likeness (QED) is 0.198. The molecule has 0 radical (unpaired) electrons. The molecule has 0 aromatic heterocycles. The Morgan fingerprint density at radius 2 is 1.88 bits per heavy atom. The van der Waals surface area contributed by atoms with Crippen molar-refractivity contribution in [1.29, 1.82) is 0 Å². The molecule has 40 heavy (non-hydrogen) atoms. The Morgan fingerprint density at radius 1 is 1.15 bits per heavy atom. The van der Waals surface area contributed by atoms with E-state index in [0.29, 0.717) is 45.2 Å². The first-order valence-corrected chi connectivity index (χ1v) is 14.7. The van der Waals surface area contributed by atoms with E-state index in [4.69, 9.17) is 14.6 Å². The molecule has 3 fully saturated rings. The van der Waals surface area contributed by atoms with E-state index in [0.717, 1.165) is 36.1 Å². The Labute approximate surface area is 238 Å². The molecule has 2 amide bonds. The van der Waals surface area contributed by atoms with Gasteiger partial charge >= 0.3 is 5.97 Å². The third-order valence-electron chi connectivity index (χ3n) is 8.70. The summed E-state index contributed by atoms with van der Waals surface area (Å²) in [6.45, 7) is 12.6. The van der Waals surface area contributed by atoms with Gasteiger partial charge in [-0.3, -0.25) is 14.4 Å². The van der Waals surface area contributed by atoms with Crippen LogP contribution in [0.2, 0.25) is 0 Å². The van der Waals surface area contributed by atoms with E-state index in [1.807, 2.05) is 32.0 Å². The maximum absolute atomic E-state index is 14.6. The number of aliphatic hydroxyl groups excluding tert-OH is 1. The third-order valence-corrected chi connectivity index (χ3v) is 8.70. The van der Waals surface area contributed by atoms with E-state index in [-0.39, 0.29) is 25.0 Å². The second-order valence-corrected chi connectivity index (χ2v) is 11.3. The number of fused-ring (bicyclic) bond motifs is 1. The van der Waals surface area contributed by atoms with Crippen LogP contribution in [0, 0.1) is 25.7 Å². The number of esters is 1. The molecule has 3 aliphatic heterocycles. The summed E-state index contributed by atoms with van der Waals surface area (Å²) in [6, 6.07) is 5.07. The largest absolute Gasteiger partial charge is 0.465 e. The van der Waals surface area contributed by atoms with Crippen LogP contribution in [0.5, 0.6) is 0 Å². The van der Waals surface area contributed by atoms with Crippen LogP contribution in [-0.2, 0) is 23.9 Å². The van der Waals surface area contributed by atoms with Crippen LogP contribution in [0.25, 0.3) is 0 Å². The number of carbonyl (C=O) groups is 3. The van der Waals surface area contributed by atoms with Crippen molar-refractivity contribution < 1.29 is 29.0 Å². The highest BCUT2D eigenvalue weighted by Gasteiger charge is 2.75. The van der Waals surface area contributed by atoms with Gasteiger partial charge in [-0.1, -0.05) is 43.2 Å². The molecule has 1 spiro atoms. The first-order chi connectivity index (χ1) is 19.3. The number of likely N-dealkylation sites (tertiary alicyclic amines) is 1. The first kappa shape index (κ1) is 30.0. The molecule has 2 unspecified atom stereocenters. The zero-order valence-electron chi connectivity index (χ0n) is 24.0. The molecule has 218 valence electrons. The molecule has 3 aliphatic rings. The summed E-state index contributed by atoms with van der Waals surface area (Å²) in [4.78, 5) is 45.5. The number of hydrogen-bond acceptors (Lipinski definition) is 6. The van der Waals surface area contributed by atoms with Gasteiger partial charge in [-0.2, -0.15) is 0 Å². The van der Waals surface area contributed by atoms with Crippen LogP contribution in [0.4, 0.5) is 5.69 Å². The molecule has 1 aromatic rings. The van der Waals surface area contributed by atoms with Crippen molar-refractivity contribution in [2.24, 2.45) is 11.8 Å². The Balaban J connectivity index is 1.68. The highest BCUT2D eigenvalue weighted by atomic mass is 16.6. The van der Waals surface area contributed by atoms with Gasteiger partial charge in [0.15, 0.2) is 0 Å². The summed E-state index contributed by atoms with van der Waals surface area (Å²) in [7, 11) is 0. The second kappa shape index (κ2) is 13.1. The van der Waals surface area contributed by atoms with Crippen LogP contribution in [0.1, 0.15) is 62.5 Å². The SMILES string of the molecule is C=CCCCOC(=O)[C@@H]1[C@@H]2CCC3(O2)C(C(=O)N(CC=C)c2c(C)cccc2C)N(CCCCCCO)C(=O)[C@H]13. The van der Waals surface area contributed by atoms with Crippen molar-refractivity contribution in [1.82, 2.24) is 4.90 Å². The number of aliphatic hydroxyl groups is 1. The predicted octanol–water partition coefficient (Wildman–Crippen LogP) is 4.26. The average Bonchev–Trinajstić information content (AvgIpc) is 3.57. The minimum Gasteiger partial charge on any atom is -0.465 e. The summed E-state index contributed by atoms with van der Waals surface area (Å²) in [5.74, 6) is -2.27. The topological polar surface area (TPSA) is 96.4 Å². The third kappa shape index (κ3) is 5.48. The molecule has 4 rings (SSSR count). The fourth-order valence-corrected chi connectivity index (χ4v) is 6.98. The molecular weight excluding hydrogens is 508 g/mol. The number of para-hydroxylation sites is 1. The standard InChI is InChI=1S/C32H44N2O6/c1-5-7-12-21-39-31(38)25-24-16-17-32(40-24)26(25)29(36)34(19-10-8-9-11-20-35)28(32)30(37)33(18-6-2)27-22(3)14-13-15-23(27)4/h5-6,13-15,24-26,28,35H,1-2,7-12,16-21H2,3-4H3/t24-,25+,26-,28?,32?/m0/s1. The molecule has 1 N–H and O–H groups in total. The van der Waals surface area contributed by atoms with Gasteiger partial charge in [-0.15, -0.1) is 13.2 Å². The van der Waals surface area contributed by atoms with Gasteiger partial charge < -0.3 is 24.4 Å². The summed E-state index contributed by atoms with van der Waals surface area (Å²) in [5.41, 5.74) is 1.67. The summed E-state index contributed by atoms with van der Waals surface area (Å²) in [6.07, 6.45) is 8.67. The molecule has 3 heterocycles. The van der Waals surface area contributed by atoms with Crippen LogP contribution >= 0.6 is 0 Å². The normalized spacial score (nSPS) is 26.6. The number of benzene rings is 1. The van der Waals surface area contributed by atoms with Crippen molar-refractivity contribution in [3.8, 4) is 0 Å². The van der Waals surface area contributed by atoms with Crippen LogP contribution in [-0.4, -0.2) is 71.8 Å². The number of unbranched alkanes of at least 4 members (excludes halogenated alkanes) is 4. The number of anilines is 1. The van der Waals surface area contributed by atoms with Crippen LogP contribution in [0.3, 0.4) is 0 Å². The molecule has 2 bridgehead atoms. The van der Waals surface area contributed by atoms with E-state index >= 15 is 0 Å². The smallest absolute Gasteiger partial charge is 0.312 e. The molecule has 8 nitrogen and oxygen atoms in total. The van der Waals surface area contributed by atoms with Crippen molar-refractivity contribution in [2.45, 2.75) is 83.0 Å². The minimum absolute atomic E-state index is 0.132. The van der Waals surface area contributed by atoms with Gasteiger partial charge in [-0.25, -0.2) is 0 Å². The number of allylic oxidation sites excluding steroid dienone is 1. The highest BCUT2D eigenvalue weighted by Crippen LogP contribution is 2.59. The molecule has 1 aromatic carbocycles. The minimum atomic E-state index is -1.06. The summed E-state index contributed by atoms with van der Waals surface area (Å²) < 4.78 is 12.2. The average molecular weight is 553 g/mol. The van der Waals surface area contributed by atoms with Crippen molar-refractivity contribution >= 4 is 23.5 Å². The van der Waals surface area contributed by atoms with Crippen molar-refractivity contribution in [3.63, 3.8) is 0 Å². The molecular formula is C32H44N2O6. The van der Waals surface area contributed by atoms with Gasteiger partial charge in [0.1, 0.15) is 11.6 Å². The Kier molecular flexibility index (Phi) is 9.85. The Bertz CT molecular complexity index is 1100. The molecule has 0 aliphatic carbocycles. The number of nitrogens with zero attached hydrogens (tertiary/aromatic N) is 2. The van der Waals surface area contributed by atoms with Crippen molar-refractivity contribution in [2.75, 3.05) is 31.2 Å². The monoisotopic (exact) mass is 552 g/mol. The van der Waals surface area contributed by atoms with Gasteiger partial charge in [0.05, 0.1) is 24.5 Å². The fraction of sp³-hybridized carbons (Fsp3) is 0.594. The zero-order valence-corrected chi connectivity index (χ0v) is 24.0. The van der Waals surface area contributed by atoms with Gasteiger partial charge in [0, 0.05) is 25.4 Å². The molecule has 5 atom stereocenters. The van der Waals surface area contributed by atoms with E-state index in [9.17, 15) is 14.4 Å². The number of hydrogen-bond donors (Lipinski definition) is 1. The number of carbonyl (C=O) groups excluding carboxylic acids is 3. The Morgan fingerprint density at radius 3 is 2.55 bits per heavy atom. The van der Waals surface area contributed by atoms with E-state index in [1.165, 1.54) is 0 Å². The van der Waals surface area contributed by atoms with Gasteiger partial charge in [-0.05, 0) is 63.5 Å². The predicted molar refractivity (Wildman–Crippen MR) is 154 cm³/mol. The maximum Gasteiger partial charge on any atom is 0.312 e. The summed E-state index contributed by atoms with van der Waals surface area (Å²) >= 11 is 0. The Hall–Kier alpha value is -2.97. The number of rotatable bonds is 15. The zero-order chi connectivity index (χ0) is 28.9. The first-order valence-electron chi connectivity index (χ1n) is 14.7. The van der Waals surface area contributed by atoms with Crippen molar-refractivity contribution in [3.05, 3.63) is 54.6 Å². The molecule has 0 saturated carbocycles. The lowest BCUT2D eigenvalue weighted by Gasteiger charge is -2.37. The fourth-order valence-electron chi connectivity index (χ4n) is 6.98. The lowest BCUT2D eigenvalue weighted by molar-refractivity contribution is -0.155. The van der Waals surface area contributed by atoms with E-state index in [2.05, 4.69) is 13.2 Å².